The van der Waals surface area contributed by atoms with E-state index in [1.165, 1.54) is 12.1 Å². The second-order valence-corrected chi connectivity index (χ2v) is 7.73. The van der Waals surface area contributed by atoms with Crippen molar-refractivity contribution < 1.29 is 8.42 Å². The molecule has 0 heterocycles. The average molecular weight is 334 g/mol. The normalized spacial score (nSPS) is 22.2. The molecule has 2 rings (SSSR count). The van der Waals surface area contributed by atoms with E-state index in [-0.39, 0.29) is 16.9 Å². The summed E-state index contributed by atoms with van der Waals surface area (Å²) in [5.41, 5.74) is 0.976. The number of guanidine groups is 1. The average Bonchev–Trinajstić information content (AvgIpc) is 2.50. The molecule has 1 aromatic rings. The zero-order chi connectivity index (χ0) is 16.9. The second kappa shape index (κ2) is 7.47. The first-order valence-electron chi connectivity index (χ1n) is 7.73. The molecule has 0 spiro atoms. The summed E-state index contributed by atoms with van der Waals surface area (Å²) in [6, 6.07) is 6.56. The van der Waals surface area contributed by atoms with Crippen molar-refractivity contribution in [3.63, 3.8) is 0 Å². The van der Waals surface area contributed by atoms with Gasteiger partial charge in [-0.1, -0.05) is 24.6 Å². The van der Waals surface area contributed by atoms with Crippen molar-refractivity contribution in [3.05, 3.63) is 29.8 Å². The van der Waals surface area contributed by atoms with Crippen molar-refractivity contribution in [1.82, 2.24) is 10.0 Å². The van der Waals surface area contributed by atoms with Gasteiger partial charge in [0.05, 0.1) is 10.9 Å². The number of aryl methyl sites for hydroxylation is 1. The molecule has 1 aliphatic carbocycles. The van der Waals surface area contributed by atoms with Gasteiger partial charge in [-0.2, -0.15) is 5.26 Å². The summed E-state index contributed by atoms with van der Waals surface area (Å²) in [6.45, 7) is 4.09. The van der Waals surface area contributed by atoms with E-state index in [0.29, 0.717) is 5.92 Å². The molecular weight excluding hydrogens is 312 g/mol. The van der Waals surface area contributed by atoms with Crippen LogP contribution in [0.4, 0.5) is 0 Å². The Hall–Kier alpha value is -2.07. The number of rotatable bonds is 3. The molecule has 1 aliphatic rings. The topological polar surface area (TPSA) is 94.3 Å². The van der Waals surface area contributed by atoms with Crippen LogP contribution in [0.2, 0.25) is 0 Å². The zero-order valence-corrected chi connectivity index (χ0v) is 14.2. The van der Waals surface area contributed by atoms with Gasteiger partial charge in [-0.3, -0.25) is 5.32 Å². The third-order valence-corrected chi connectivity index (χ3v) is 5.39. The molecule has 0 saturated heterocycles. The number of nitrogens with zero attached hydrogens (tertiary/aromatic N) is 2. The van der Waals surface area contributed by atoms with Crippen LogP contribution in [-0.2, 0) is 10.0 Å². The molecule has 124 valence electrons. The van der Waals surface area contributed by atoms with Gasteiger partial charge in [0.2, 0.25) is 5.96 Å². The van der Waals surface area contributed by atoms with Gasteiger partial charge in [0.1, 0.15) is 0 Å². The molecule has 6 nitrogen and oxygen atoms in total. The van der Waals surface area contributed by atoms with Crippen molar-refractivity contribution >= 4 is 16.0 Å². The molecule has 2 N–H and O–H groups in total. The first-order valence-corrected chi connectivity index (χ1v) is 9.21. The molecular formula is C16H22N4O2S. The Balaban J connectivity index is 2.15. The van der Waals surface area contributed by atoms with Gasteiger partial charge in [0, 0.05) is 0 Å². The Bertz CT molecular complexity index is 697. The highest BCUT2D eigenvalue weighted by Crippen LogP contribution is 2.25. The van der Waals surface area contributed by atoms with Crippen LogP contribution in [0.15, 0.2) is 34.2 Å². The molecule has 0 atom stereocenters. The predicted molar refractivity (Wildman–Crippen MR) is 89.1 cm³/mol. The lowest BCUT2D eigenvalue weighted by Crippen LogP contribution is -2.40. The third-order valence-electron chi connectivity index (χ3n) is 4.03. The Morgan fingerprint density at radius 1 is 1.22 bits per heavy atom. The fourth-order valence-corrected chi connectivity index (χ4v) is 3.57. The monoisotopic (exact) mass is 334 g/mol. The van der Waals surface area contributed by atoms with Gasteiger partial charge in [-0.25, -0.2) is 18.1 Å². The van der Waals surface area contributed by atoms with Gasteiger partial charge in [-0.15, -0.1) is 0 Å². The van der Waals surface area contributed by atoms with E-state index in [2.05, 4.69) is 22.0 Å². The Kier molecular flexibility index (Phi) is 5.61. The number of hydrogen-bond donors (Lipinski definition) is 2. The molecule has 0 bridgehead atoms. The lowest BCUT2D eigenvalue weighted by molar-refractivity contribution is 0.348. The van der Waals surface area contributed by atoms with E-state index in [1.807, 2.05) is 6.92 Å². The summed E-state index contributed by atoms with van der Waals surface area (Å²) in [5, 5.41) is 11.2. The van der Waals surface area contributed by atoms with Crippen LogP contribution >= 0.6 is 0 Å². The van der Waals surface area contributed by atoms with E-state index in [9.17, 15) is 8.42 Å². The molecule has 1 saturated carbocycles. The Labute approximate surface area is 137 Å². The van der Waals surface area contributed by atoms with Crippen LogP contribution < -0.4 is 10.0 Å². The van der Waals surface area contributed by atoms with E-state index in [0.717, 1.165) is 31.2 Å². The van der Waals surface area contributed by atoms with Gasteiger partial charge in [0.25, 0.3) is 10.0 Å². The molecule has 1 fully saturated rings. The minimum absolute atomic E-state index is 0.00683. The standard InChI is InChI=1S/C16H22N4O2S/c1-12-3-7-14(8-4-12)19-16(18-11-17)20-23(21,22)15-9-5-13(2)6-10-15/h5-6,9-10,12,14H,3-4,7-8H2,1-2H3,(H2,18,19,20). The molecule has 0 aromatic heterocycles. The number of aliphatic imine (C=N–C) groups is 1. The Morgan fingerprint density at radius 2 is 1.83 bits per heavy atom. The molecule has 0 amide bonds. The van der Waals surface area contributed by atoms with Crippen LogP contribution in [0, 0.1) is 24.3 Å². The highest BCUT2D eigenvalue weighted by molar-refractivity contribution is 7.90. The van der Waals surface area contributed by atoms with Gasteiger partial charge in [-0.05, 0) is 50.7 Å². The fourth-order valence-electron chi connectivity index (χ4n) is 2.59. The summed E-state index contributed by atoms with van der Waals surface area (Å²) in [7, 11) is -3.75. The highest BCUT2D eigenvalue weighted by Gasteiger charge is 2.20. The maximum atomic E-state index is 12.4. The number of nitriles is 1. The summed E-state index contributed by atoms with van der Waals surface area (Å²) in [6.07, 6.45) is 5.69. The third kappa shape index (κ3) is 4.96. The maximum Gasteiger partial charge on any atom is 0.264 e. The number of benzene rings is 1. The van der Waals surface area contributed by atoms with Gasteiger partial charge >= 0.3 is 0 Å². The minimum Gasteiger partial charge on any atom is -0.262 e. The fraction of sp³-hybridized carbons (Fsp3) is 0.500. The van der Waals surface area contributed by atoms with Crippen LogP contribution in [0.5, 0.6) is 0 Å². The summed E-state index contributed by atoms with van der Waals surface area (Å²) in [4.78, 5) is 4.53. The van der Waals surface area contributed by atoms with Crippen molar-refractivity contribution in [1.29, 1.82) is 5.26 Å². The first kappa shape index (κ1) is 17.3. The van der Waals surface area contributed by atoms with Gasteiger partial charge in [0.15, 0.2) is 6.19 Å². The molecule has 0 unspecified atom stereocenters. The lowest BCUT2D eigenvalue weighted by Gasteiger charge is -2.23. The van der Waals surface area contributed by atoms with Crippen molar-refractivity contribution in [3.8, 4) is 6.19 Å². The smallest absolute Gasteiger partial charge is 0.262 e. The minimum atomic E-state index is -3.75. The predicted octanol–water partition coefficient (Wildman–Crippen LogP) is 2.28. The lowest BCUT2D eigenvalue weighted by atomic mass is 9.88. The van der Waals surface area contributed by atoms with Gasteiger partial charge < -0.3 is 0 Å². The highest BCUT2D eigenvalue weighted by atomic mass is 32.2. The van der Waals surface area contributed by atoms with Crippen LogP contribution in [0.25, 0.3) is 0 Å². The summed E-state index contributed by atoms with van der Waals surface area (Å²) >= 11 is 0. The van der Waals surface area contributed by atoms with Crippen LogP contribution in [-0.4, -0.2) is 20.4 Å². The molecule has 0 aliphatic heterocycles. The Morgan fingerprint density at radius 3 is 2.39 bits per heavy atom. The van der Waals surface area contributed by atoms with Crippen molar-refractivity contribution in [2.75, 3.05) is 0 Å². The molecule has 23 heavy (non-hydrogen) atoms. The van der Waals surface area contributed by atoms with E-state index in [1.54, 1.807) is 18.3 Å². The number of hydrogen-bond acceptors (Lipinski definition) is 4. The van der Waals surface area contributed by atoms with Crippen molar-refractivity contribution in [2.24, 2.45) is 10.9 Å². The van der Waals surface area contributed by atoms with Crippen LogP contribution in [0.3, 0.4) is 0 Å². The van der Waals surface area contributed by atoms with E-state index in [4.69, 9.17) is 5.26 Å². The largest absolute Gasteiger partial charge is 0.264 e. The molecule has 7 heteroatoms. The number of sulfonamides is 1. The summed E-state index contributed by atoms with van der Waals surface area (Å²) in [5.74, 6) is 0.672. The number of nitrogens with one attached hydrogen (secondary N) is 2. The van der Waals surface area contributed by atoms with Crippen molar-refractivity contribution in [2.45, 2.75) is 50.5 Å². The quantitative estimate of drug-likeness (QED) is 0.384. The second-order valence-electron chi connectivity index (χ2n) is 6.05. The summed E-state index contributed by atoms with van der Waals surface area (Å²) < 4.78 is 27.1. The molecule has 1 aromatic carbocycles. The molecule has 0 radical (unpaired) electrons. The SMILES string of the molecule is Cc1ccc(S(=O)(=O)NC(=NC2CCC(C)CC2)NC#N)cc1. The van der Waals surface area contributed by atoms with Crippen LogP contribution in [0.1, 0.15) is 38.2 Å². The first-order chi connectivity index (χ1) is 10.9. The van der Waals surface area contributed by atoms with E-state index >= 15 is 0 Å². The van der Waals surface area contributed by atoms with E-state index < -0.39 is 10.0 Å². The zero-order valence-electron chi connectivity index (χ0n) is 13.4. The maximum absolute atomic E-state index is 12.4.